The van der Waals surface area contributed by atoms with Crippen molar-refractivity contribution in [2.75, 3.05) is 0 Å². The molecule has 0 amide bonds. The lowest BCUT2D eigenvalue weighted by Crippen LogP contribution is -2.01. The predicted octanol–water partition coefficient (Wildman–Crippen LogP) is 4.61. The van der Waals surface area contributed by atoms with Crippen molar-refractivity contribution in [2.24, 2.45) is 22.7 Å². The SMILES string of the molecule is C=NC=C(CCC)C(C)CC1CC1C=CC. The summed E-state index contributed by atoms with van der Waals surface area (Å²) in [5, 5.41) is 0. The van der Waals surface area contributed by atoms with Gasteiger partial charge in [0.2, 0.25) is 0 Å². The first-order chi connectivity index (χ1) is 7.72. The molecule has 0 spiro atoms. The Bertz CT molecular complexity index is 275. The zero-order valence-corrected chi connectivity index (χ0v) is 10.9. The van der Waals surface area contributed by atoms with E-state index in [0.29, 0.717) is 5.92 Å². The summed E-state index contributed by atoms with van der Waals surface area (Å²) in [5.74, 6) is 2.44. The van der Waals surface area contributed by atoms with Gasteiger partial charge in [0.25, 0.3) is 0 Å². The summed E-state index contributed by atoms with van der Waals surface area (Å²) in [5.41, 5.74) is 1.48. The highest BCUT2D eigenvalue weighted by Gasteiger charge is 2.35. The van der Waals surface area contributed by atoms with Crippen LogP contribution in [0.3, 0.4) is 0 Å². The molecule has 1 aliphatic carbocycles. The van der Waals surface area contributed by atoms with E-state index in [1.54, 1.807) is 0 Å². The van der Waals surface area contributed by atoms with Crippen LogP contribution in [0, 0.1) is 17.8 Å². The van der Waals surface area contributed by atoms with Crippen LogP contribution < -0.4 is 0 Å². The standard InChI is InChI=1S/C15H25N/c1-5-7-13-10-15(13)9-12(3)14(8-6-2)11-16-4/h5,7,11-13,15H,4,6,8-10H2,1-3H3. The highest BCUT2D eigenvalue weighted by Crippen LogP contribution is 2.45. The Balaban J connectivity index is 2.41. The molecule has 1 saturated carbocycles. The third-order valence-electron chi connectivity index (χ3n) is 3.50. The first kappa shape index (κ1) is 13.2. The van der Waals surface area contributed by atoms with Crippen LogP contribution in [-0.2, 0) is 0 Å². The fourth-order valence-corrected chi connectivity index (χ4v) is 2.47. The number of hydrogen-bond donors (Lipinski definition) is 0. The summed E-state index contributed by atoms with van der Waals surface area (Å²) < 4.78 is 0. The lowest BCUT2D eigenvalue weighted by Gasteiger charge is -2.14. The minimum absolute atomic E-state index is 0.672. The van der Waals surface area contributed by atoms with Crippen LogP contribution in [0.1, 0.15) is 46.5 Å². The molecule has 0 aliphatic heterocycles. The van der Waals surface area contributed by atoms with Crippen molar-refractivity contribution in [3.63, 3.8) is 0 Å². The molecular formula is C15H25N. The normalized spacial score (nSPS) is 27.1. The van der Waals surface area contributed by atoms with Crippen molar-refractivity contribution in [1.82, 2.24) is 0 Å². The molecule has 1 rings (SSSR count). The van der Waals surface area contributed by atoms with Crippen molar-refractivity contribution < 1.29 is 0 Å². The van der Waals surface area contributed by atoms with Gasteiger partial charge in [0.1, 0.15) is 0 Å². The second-order valence-electron chi connectivity index (χ2n) is 4.96. The van der Waals surface area contributed by atoms with E-state index in [0.717, 1.165) is 11.8 Å². The first-order valence-electron chi connectivity index (χ1n) is 6.50. The number of hydrogen-bond acceptors (Lipinski definition) is 1. The molecule has 0 aromatic carbocycles. The largest absolute Gasteiger partial charge is 0.273 e. The number of rotatable bonds is 7. The van der Waals surface area contributed by atoms with Crippen LogP contribution in [-0.4, -0.2) is 6.72 Å². The molecular weight excluding hydrogens is 194 g/mol. The van der Waals surface area contributed by atoms with Crippen LogP contribution >= 0.6 is 0 Å². The van der Waals surface area contributed by atoms with Gasteiger partial charge in [-0.25, -0.2) is 0 Å². The molecule has 0 aromatic rings. The molecule has 3 atom stereocenters. The highest BCUT2D eigenvalue weighted by atomic mass is 14.6. The molecule has 0 aromatic heterocycles. The molecule has 1 aliphatic rings. The Morgan fingerprint density at radius 3 is 2.88 bits per heavy atom. The second kappa shape index (κ2) is 6.67. The van der Waals surface area contributed by atoms with Gasteiger partial charge in [-0.2, -0.15) is 0 Å². The van der Waals surface area contributed by atoms with Crippen molar-refractivity contribution in [1.29, 1.82) is 0 Å². The van der Waals surface area contributed by atoms with Gasteiger partial charge < -0.3 is 0 Å². The maximum absolute atomic E-state index is 3.93. The zero-order chi connectivity index (χ0) is 12.0. The van der Waals surface area contributed by atoms with Gasteiger partial charge in [-0.15, -0.1) is 0 Å². The van der Waals surface area contributed by atoms with Crippen molar-refractivity contribution >= 4 is 6.72 Å². The smallest absolute Gasteiger partial charge is 0.0255 e. The monoisotopic (exact) mass is 219 g/mol. The highest BCUT2D eigenvalue weighted by molar-refractivity contribution is 5.27. The molecule has 1 fully saturated rings. The lowest BCUT2D eigenvalue weighted by molar-refractivity contribution is 0.530. The summed E-state index contributed by atoms with van der Waals surface area (Å²) in [6, 6.07) is 0. The van der Waals surface area contributed by atoms with Crippen molar-refractivity contribution in [3.8, 4) is 0 Å². The zero-order valence-electron chi connectivity index (χ0n) is 10.9. The maximum atomic E-state index is 3.93. The number of aliphatic imine (C=N–C) groups is 1. The average Bonchev–Trinajstić information content (AvgIpc) is 2.96. The van der Waals surface area contributed by atoms with E-state index in [1.807, 2.05) is 6.20 Å². The Labute approximate surface area is 100 Å². The molecule has 0 saturated heterocycles. The van der Waals surface area contributed by atoms with Crippen LogP contribution in [0.2, 0.25) is 0 Å². The average molecular weight is 219 g/mol. The van der Waals surface area contributed by atoms with Gasteiger partial charge in [-0.3, -0.25) is 4.99 Å². The third kappa shape index (κ3) is 3.96. The van der Waals surface area contributed by atoms with Gasteiger partial charge >= 0.3 is 0 Å². The fourth-order valence-electron chi connectivity index (χ4n) is 2.47. The Morgan fingerprint density at radius 2 is 2.31 bits per heavy atom. The minimum Gasteiger partial charge on any atom is -0.273 e. The molecule has 16 heavy (non-hydrogen) atoms. The van der Waals surface area contributed by atoms with Gasteiger partial charge in [0.05, 0.1) is 0 Å². The van der Waals surface area contributed by atoms with Gasteiger partial charge in [-0.1, -0.05) is 32.4 Å². The third-order valence-corrected chi connectivity index (χ3v) is 3.50. The molecule has 0 heterocycles. The van der Waals surface area contributed by atoms with E-state index in [4.69, 9.17) is 0 Å². The summed E-state index contributed by atoms with van der Waals surface area (Å²) >= 11 is 0. The van der Waals surface area contributed by atoms with Crippen molar-refractivity contribution in [2.45, 2.75) is 46.5 Å². The number of allylic oxidation sites excluding steroid dienone is 3. The van der Waals surface area contributed by atoms with Gasteiger partial charge in [0, 0.05) is 6.20 Å². The van der Waals surface area contributed by atoms with Crippen molar-refractivity contribution in [3.05, 3.63) is 23.9 Å². The van der Waals surface area contributed by atoms with E-state index in [1.165, 1.54) is 31.3 Å². The minimum atomic E-state index is 0.672. The fraction of sp³-hybridized carbons (Fsp3) is 0.667. The summed E-state index contributed by atoms with van der Waals surface area (Å²) in [6.07, 6.45) is 11.6. The van der Waals surface area contributed by atoms with Crippen LogP contribution in [0.4, 0.5) is 0 Å². The molecule has 0 bridgehead atoms. The molecule has 0 N–H and O–H groups in total. The van der Waals surface area contributed by atoms with E-state index < -0.39 is 0 Å². The van der Waals surface area contributed by atoms with Crippen LogP contribution in [0.15, 0.2) is 28.9 Å². The maximum Gasteiger partial charge on any atom is 0.0255 e. The quantitative estimate of drug-likeness (QED) is 0.438. The first-order valence-corrected chi connectivity index (χ1v) is 6.50. The van der Waals surface area contributed by atoms with E-state index in [-0.39, 0.29) is 0 Å². The molecule has 1 nitrogen and oxygen atoms in total. The summed E-state index contributed by atoms with van der Waals surface area (Å²) in [4.78, 5) is 3.93. The molecule has 1 heteroatoms. The van der Waals surface area contributed by atoms with Gasteiger partial charge in [0.15, 0.2) is 0 Å². The van der Waals surface area contributed by atoms with E-state index in [9.17, 15) is 0 Å². The lowest BCUT2D eigenvalue weighted by atomic mass is 9.92. The van der Waals surface area contributed by atoms with Crippen LogP contribution in [0.5, 0.6) is 0 Å². The Hall–Kier alpha value is -0.850. The number of nitrogens with zero attached hydrogens (tertiary/aromatic N) is 1. The molecule has 0 radical (unpaired) electrons. The molecule has 3 unspecified atom stereocenters. The Kier molecular flexibility index (Phi) is 5.51. The van der Waals surface area contributed by atoms with E-state index >= 15 is 0 Å². The van der Waals surface area contributed by atoms with E-state index in [2.05, 4.69) is 44.6 Å². The Morgan fingerprint density at radius 1 is 1.56 bits per heavy atom. The molecule has 90 valence electrons. The second-order valence-corrected chi connectivity index (χ2v) is 4.96. The predicted molar refractivity (Wildman–Crippen MR) is 72.7 cm³/mol. The van der Waals surface area contributed by atoms with Crippen LogP contribution in [0.25, 0.3) is 0 Å². The van der Waals surface area contributed by atoms with Gasteiger partial charge in [-0.05, 0) is 56.2 Å². The summed E-state index contributed by atoms with van der Waals surface area (Å²) in [6.45, 7) is 10.2. The summed E-state index contributed by atoms with van der Waals surface area (Å²) in [7, 11) is 0. The topological polar surface area (TPSA) is 12.4 Å².